The van der Waals surface area contributed by atoms with Crippen molar-refractivity contribution in [1.82, 2.24) is 4.90 Å². The highest BCUT2D eigenvalue weighted by Gasteiger charge is 2.57. The number of nitrogens with zero attached hydrogens (tertiary/aromatic N) is 1. The molecule has 1 aromatic carbocycles. The van der Waals surface area contributed by atoms with Crippen LogP contribution in [0.15, 0.2) is 18.2 Å². The second-order valence-electron chi connectivity index (χ2n) is 13.2. The fourth-order valence-electron chi connectivity index (χ4n) is 8.18. The minimum Gasteiger partial charge on any atom is -0.508 e. The highest BCUT2D eigenvalue weighted by molar-refractivity contribution is 7.99. The Balaban J connectivity index is 1.16. The van der Waals surface area contributed by atoms with Crippen LogP contribution >= 0.6 is 11.8 Å². The van der Waals surface area contributed by atoms with Gasteiger partial charge in [-0.25, -0.2) is 0 Å². The van der Waals surface area contributed by atoms with E-state index in [-0.39, 0.29) is 17.9 Å². The second-order valence-corrected chi connectivity index (χ2v) is 14.4. The summed E-state index contributed by atoms with van der Waals surface area (Å²) in [5, 5.41) is 21.0. The topological polar surface area (TPSA) is 43.7 Å². The summed E-state index contributed by atoms with van der Waals surface area (Å²) in [5.74, 6) is -0.888. The Hall–Kier alpha value is -1.06. The number of halogens is 5. The smallest absolute Gasteiger partial charge is 0.453 e. The van der Waals surface area contributed by atoms with Crippen molar-refractivity contribution < 1.29 is 32.2 Å². The third-order valence-corrected chi connectivity index (χ3v) is 11.6. The van der Waals surface area contributed by atoms with Crippen molar-refractivity contribution >= 4 is 11.8 Å². The molecule has 3 aliphatic carbocycles. The molecule has 2 fully saturated rings. The van der Waals surface area contributed by atoms with Crippen LogP contribution in [0.4, 0.5) is 22.0 Å². The number of aromatic hydroxyl groups is 1. The quantitative estimate of drug-likeness (QED) is 0.165. The highest BCUT2D eigenvalue weighted by Crippen LogP contribution is 2.62. The monoisotopic (exact) mass is 605 g/mol. The fourth-order valence-corrected chi connectivity index (χ4v) is 9.07. The molecule has 234 valence electrons. The predicted octanol–water partition coefficient (Wildman–Crippen LogP) is 8.43. The summed E-state index contributed by atoms with van der Waals surface area (Å²) in [6.07, 6.45) is 3.81. The van der Waals surface area contributed by atoms with E-state index >= 15 is 0 Å². The molecule has 4 rings (SSSR count). The summed E-state index contributed by atoms with van der Waals surface area (Å²) in [7, 11) is 2.08. The molecule has 0 unspecified atom stereocenters. The number of phenolic OH excluding ortho intramolecular Hbond substituents is 1. The Bertz CT molecular complexity index is 991. The standard InChI is InChI=1S/C32H48F5NO2S/c1-30-15-13-26-25-10-9-24(39)21-23(25)20-22(29(26)27(30)11-12-28(30)40)8-4-3-5-16-38(2)17-7-19-41-18-6-14-31(33,34)32(35,36)37/h9-10,21-22,26-29,39-40H,3-8,11-20H2,1-2H3/t22-,26-,27+,28+,29-,30+/m1/s1. The van der Waals surface area contributed by atoms with Gasteiger partial charge in [-0.2, -0.15) is 33.7 Å². The molecule has 0 amide bonds. The lowest BCUT2D eigenvalue weighted by molar-refractivity contribution is -0.284. The molecule has 1 aromatic rings. The molecule has 3 aliphatic rings. The van der Waals surface area contributed by atoms with Crippen LogP contribution < -0.4 is 0 Å². The molecule has 3 nitrogen and oxygen atoms in total. The van der Waals surface area contributed by atoms with Crippen LogP contribution in [-0.2, 0) is 6.42 Å². The fraction of sp³-hybridized carbons (Fsp3) is 0.812. The molecule has 41 heavy (non-hydrogen) atoms. The molecule has 9 heteroatoms. The molecule has 2 saturated carbocycles. The van der Waals surface area contributed by atoms with E-state index in [0.29, 0.717) is 35.2 Å². The van der Waals surface area contributed by atoms with Crippen LogP contribution in [0.5, 0.6) is 5.75 Å². The first-order chi connectivity index (χ1) is 19.3. The maximum Gasteiger partial charge on any atom is 0.453 e. The summed E-state index contributed by atoms with van der Waals surface area (Å²) in [6, 6.07) is 5.96. The number of aliphatic hydroxyl groups is 1. The van der Waals surface area contributed by atoms with Gasteiger partial charge in [0.1, 0.15) is 5.75 Å². The van der Waals surface area contributed by atoms with E-state index in [1.807, 2.05) is 12.1 Å². The molecule has 0 aromatic heterocycles. The molecule has 2 N–H and O–H groups in total. The average molecular weight is 606 g/mol. The van der Waals surface area contributed by atoms with E-state index in [4.69, 9.17) is 0 Å². The van der Waals surface area contributed by atoms with Gasteiger partial charge < -0.3 is 15.1 Å². The van der Waals surface area contributed by atoms with Crippen LogP contribution in [0.1, 0.15) is 94.6 Å². The molecular formula is C32H48F5NO2S. The van der Waals surface area contributed by atoms with E-state index in [1.54, 1.807) is 0 Å². The summed E-state index contributed by atoms with van der Waals surface area (Å²) in [4.78, 5) is 2.28. The zero-order valence-corrected chi connectivity index (χ0v) is 25.4. The van der Waals surface area contributed by atoms with Gasteiger partial charge in [0.2, 0.25) is 0 Å². The molecular weight excluding hydrogens is 557 g/mol. The van der Waals surface area contributed by atoms with Crippen molar-refractivity contribution in [2.75, 3.05) is 31.6 Å². The number of fused-ring (bicyclic) bond motifs is 5. The van der Waals surface area contributed by atoms with Crippen molar-refractivity contribution in [3.63, 3.8) is 0 Å². The first-order valence-electron chi connectivity index (χ1n) is 15.5. The lowest BCUT2D eigenvalue weighted by atomic mass is 9.52. The van der Waals surface area contributed by atoms with Crippen LogP contribution in [0, 0.1) is 23.2 Å². The van der Waals surface area contributed by atoms with Crippen LogP contribution in [0.3, 0.4) is 0 Å². The highest BCUT2D eigenvalue weighted by atomic mass is 32.2. The van der Waals surface area contributed by atoms with Crippen molar-refractivity contribution in [3.8, 4) is 5.75 Å². The largest absolute Gasteiger partial charge is 0.508 e. The predicted molar refractivity (Wildman–Crippen MR) is 156 cm³/mol. The minimum atomic E-state index is -5.45. The molecule has 6 atom stereocenters. The van der Waals surface area contributed by atoms with E-state index in [1.165, 1.54) is 35.7 Å². The third-order valence-electron chi connectivity index (χ3n) is 10.5. The molecule has 0 radical (unpaired) electrons. The minimum absolute atomic E-state index is 0.0307. The maximum absolute atomic E-state index is 13.0. The normalized spacial score (nSPS) is 29.8. The van der Waals surface area contributed by atoms with Gasteiger partial charge in [-0.15, -0.1) is 0 Å². The van der Waals surface area contributed by atoms with Gasteiger partial charge in [-0.05, 0) is 142 Å². The third kappa shape index (κ3) is 7.72. The van der Waals surface area contributed by atoms with Crippen molar-refractivity contribution in [3.05, 3.63) is 29.3 Å². The summed E-state index contributed by atoms with van der Waals surface area (Å²) in [5.41, 5.74) is 2.76. The van der Waals surface area contributed by atoms with Gasteiger partial charge in [-0.3, -0.25) is 0 Å². The first kappa shape index (κ1) is 32.8. The number of thioether (sulfide) groups is 1. The van der Waals surface area contributed by atoms with Gasteiger partial charge in [0.05, 0.1) is 6.10 Å². The number of hydrogen-bond acceptors (Lipinski definition) is 4. The molecule has 0 aliphatic heterocycles. The van der Waals surface area contributed by atoms with Crippen molar-refractivity contribution in [2.45, 2.75) is 108 Å². The number of rotatable bonds is 14. The Labute approximate surface area is 246 Å². The molecule has 0 spiro atoms. The van der Waals surface area contributed by atoms with Crippen LogP contribution in [-0.4, -0.2) is 65.0 Å². The maximum atomic E-state index is 13.0. The van der Waals surface area contributed by atoms with Gasteiger partial charge in [0.15, 0.2) is 0 Å². The number of unbranched alkanes of at least 4 members (excludes halogenated alkanes) is 2. The van der Waals surface area contributed by atoms with E-state index in [9.17, 15) is 32.2 Å². The van der Waals surface area contributed by atoms with Crippen LogP contribution in [0.2, 0.25) is 0 Å². The number of hydrogen-bond donors (Lipinski definition) is 2. The zero-order chi connectivity index (χ0) is 29.8. The second kappa shape index (κ2) is 13.7. The van der Waals surface area contributed by atoms with Crippen molar-refractivity contribution in [1.29, 1.82) is 0 Å². The summed E-state index contributed by atoms with van der Waals surface area (Å²) >= 11 is 1.45. The van der Waals surface area contributed by atoms with Gasteiger partial charge >= 0.3 is 12.1 Å². The SMILES string of the molecule is CN(CCCCC[C@@H]1Cc2cc(O)ccc2[C@H]2CC[C@]3(C)[C@@H](O)CC[C@H]3[C@H]12)CCCSCCCC(F)(F)C(F)(F)F. The van der Waals surface area contributed by atoms with Crippen LogP contribution in [0.25, 0.3) is 0 Å². The van der Waals surface area contributed by atoms with Gasteiger partial charge in [0.25, 0.3) is 0 Å². The Morgan fingerprint density at radius 1 is 0.976 bits per heavy atom. The summed E-state index contributed by atoms with van der Waals surface area (Å²) in [6.45, 7) is 4.19. The Morgan fingerprint density at radius 3 is 2.46 bits per heavy atom. The number of aliphatic hydroxyl groups excluding tert-OH is 1. The number of alkyl halides is 5. The number of benzene rings is 1. The van der Waals surface area contributed by atoms with Gasteiger partial charge in [-0.1, -0.05) is 25.8 Å². The molecule has 0 saturated heterocycles. The summed E-state index contributed by atoms with van der Waals surface area (Å²) < 4.78 is 62.6. The number of phenols is 1. The van der Waals surface area contributed by atoms with E-state index in [0.717, 1.165) is 70.2 Å². The Morgan fingerprint density at radius 2 is 1.71 bits per heavy atom. The lowest BCUT2D eigenvalue weighted by Gasteiger charge is -2.53. The first-order valence-corrected chi connectivity index (χ1v) is 16.7. The van der Waals surface area contributed by atoms with Gasteiger partial charge in [0, 0.05) is 6.42 Å². The average Bonchev–Trinajstić information content (AvgIpc) is 3.20. The zero-order valence-electron chi connectivity index (χ0n) is 24.6. The molecule has 0 heterocycles. The Kier molecular flexibility index (Phi) is 11.0. The van der Waals surface area contributed by atoms with E-state index in [2.05, 4.69) is 24.9 Å². The van der Waals surface area contributed by atoms with Crippen molar-refractivity contribution in [2.24, 2.45) is 23.2 Å². The lowest BCUT2D eigenvalue weighted by Crippen LogP contribution is -2.47. The van der Waals surface area contributed by atoms with E-state index < -0.39 is 18.5 Å². The molecule has 0 bridgehead atoms.